The monoisotopic (exact) mass is 304 g/mol. The van der Waals surface area contributed by atoms with Crippen LogP contribution in [-0.4, -0.2) is 11.5 Å². The third-order valence-electron chi connectivity index (χ3n) is 6.16. The lowest BCUT2D eigenvalue weighted by Crippen LogP contribution is -2.48. The molecular weight excluding hydrogens is 276 g/mol. The van der Waals surface area contributed by atoms with Crippen molar-refractivity contribution in [2.24, 2.45) is 17.8 Å². The average Bonchev–Trinajstić information content (AvgIpc) is 2.94. The summed E-state index contributed by atoms with van der Waals surface area (Å²) in [5.41, 5.74) is 1.75. The molecule has 4 aliphatic carbocycles. The van der Waals surface area contributed by atoms with E-state index in [0.29, 0.717) is 11.5 Å². The summed E-state index contributed by atoms with van der Waals surface area (Å²) in [5, 5.41) is 7.37. The third kappa shape index (κ3) is 2.46. The Balaban J connectivity index is 1.55. The van der Waals surface area contributed by atoms with Crippen LogP contribution in [-0.2, 0) is 5.41 Å². The Kier molecular flexibility index (Phi) is 3.61. The highest BCUT2D eigenvalue weighted by Crippen LogP contribution is 2.61. The van der Waals surface area contributed by atoms with Crippen molar-refractivity contribution in [3.05, 3.63) is 16.1 Å². The first kappa shape index (κ1) is 14.2. The number of hydrogen-bond donors (Lipinski definition) is 1. The van der Waals surface area contributed by atoms with Gasteiger partial charge in [0.15, 0.2) is 0 Å². The Labute approximate surface area is 132 Å². The SMILES string of the molecule is CCCNC(C)c1csc(C23CC4CC(CC(C4)C2)C3)n1. The van der Waals surface area contributed by atoms with Crippen LogP contribution < -0.4 is 5.32 Å². The molecule has 2 nitrogen and oxygen atoms in total. The quantitative estimate of drug-likeness (QED) is 0.855. The molecule has 4 aliphatic rings. The predicted octanol–water partition coefficient (Wildman–Crippen LogP) is 4.67. The summed E-state index contributed by atoms with van der Waals surface area (Å²) in [5.74, 6) is 3.04. The van der Waals surface area contributed by atoms with Gasteiger partial charge in [0.2, 0.25) is 0 Å². The molecule has 0 spiro atoms. The van der Waals surface area contributed by atoms with Crippen LogP contribution in [0.3, 0.4) is 0 Å². The Bertz CT molecular complexity index is 472. The van der Waals surface area contributed by atoms with Crippen LogP contribution >= 0.6 is 11.3 Å². The van der Waals surface area contributed by atoms with Gasteiger partial charge in [0.1, 0.15) is 0 Å². The van der Waals surface area contributed by atoms with Crippen molar-refractivity contribution in [2.45, 2.75) is 70.3 Å². The van der Waals surface area contributed by atoms with Gasteiger partial charge < -0.3 is 5.32 Å². The van der Waals surface area contributed by atoms with Crippen LogP contribution in [0.1, 0.15) is 75.5 Å². The zero-order valence-corrected chi connectivity index (χ0v) is 14.2. The standard InChI is InChI=1S/C18H28N2S/c1-3-4-19-12(2)16-11-21-17(20-16)18-8-13-5-14(9-18)7-15(6-13)10-18/h11-15,19H,3-10H2,1-2H3. The largest absolute Gasteiger partial charge is 0.309 e. The van der Waals surface area contributed by atoms with E-state index in [1.165, 1.54) is 55.6 Å². The Morgan fingerprint density at radius 1 is 1.24 bits per heavy atom. The van der Waals surface area contributed by atoms with E-state index in [-0.39, 0.29) is 0 Å². The van der Waals surface area contributed by atoms with Crippen molar-refractivity contribution in [3.63, 3.8) is 0 Å². The molecule has 0 aliphatic heterocycles. The highest BCUT2D eigenvalue weighted by molar-refractivity contribution is 7.09. The normalized spacial score (nSPS) is 38.9. The fourth-order valence-electron chi connectivity index (χ4n) is 5.57. The van der Waals surface area contributed by atoms with Crippen LogP contribution in [0.2, 0.25) is 0 Å². The van der Waals surface area contributed by atoms with E-state index in [9.17, 15) is 0 Å². The molecule has 1 heterocycles. The van der Waals surface area contributed by atoms with E-state index in [1.807, 2.05) is 11.3 Å². The summed E-state index contributed by atoms with van der Waals surface area (Å²) in [4.78, 5) is 5.11. The number of aromatic nitrogens is 1. The first-order chi connectivity index (χ1) is 10.2. The van der Waals surface area contributed by atoms with Gasteiger partial charge in [-0.05, 0) is 76.2 Å². The molecule has 1 aromatic rings. The number of nitrogens with zero attached hydrogens (tertiary/aromatic N) is 1. The lowest BCUT2D eigenvalue weighted by Gasteiger charge is -2.56. The predicted molar refractivity (Wildman–Crippen MR) is 88.7 cm³/mol. The zero-order chi connectivity index (χ0) is 14.4. The van der Waals surface area contributed by atoms with Gasteiger partial charge in [-0.1, -0.05) is 6.92 Å². The van der Waals surface area contributed by atoms with Crippen molar-refractivity contribution in [3.8, 4) is 0 Å². The van der Waals surface area contributed by atoms with Crippen LogP contribution in [0, 0.1) is 17.8 Å². The van der Waals surface area contributed by atoms with Crippen LogP contribution in [0.4, 0.5) is 0 Å². The van der Waals surface area contributed by atoms with Crippen molar-refractivity contribution in [1.82, 2.24) is 10.3 Å². The Morgan fingerprint density at radius 3 is 2.43 bits per heavy atom. The smallest absolute Gasteiger partial charge is 0.0991 e. The maximum atomic E-state index is 5.11. The summed E-state index contributed by atoms with van der Waals surface area (Å²) >= 11 is 1.95. The summed E-state index contributed by atoms with van der Waals surface area (Å²) in [7, 11) is 0. The highest BCUT2D eigenvalue weighted by atomic mass is 32.1. The van der Waals surface area contributed by atoms with Crippen LogP contribution in [0.5, 0.6) is 0 Å². The molecule has 1 unspecified atom stereocenters. The number of hydrogen-bond acceptors (Lipinski definition) is 3. The molecule has 3 heteroatoms. The number of rotatable bonds is 5. The molecule has 1 atom stereocenters. The summed E-state index contributed by atoms with van der Waals surface area (Å²) < 4.78 is 0. The fourth-order valence-corrected chi connectivity index (χ4v) is 6.71. The Hall–Kier alpha value is -0.410. The topological polar surface area (TPSA) is 24.9 Å². The van der Waals surface area contributed by atoms with Crippen molar-refractivity contribution < 1.29 is 0 Å². The van der Waals surface area contributed by atoms with Gasteiger partial charge in [-0.3, -0.25) is 0 Å². The Morgan fingerprint density at radius 2 is 1.86 bits per heavy atom. The maximum absolute atomic E-state index is 5.11. The first-order valence-electron chi connectivity index (χ1n) is 8.88. The molecular formula is C18H28N2S. The van der Waals surface area contributed by atoms with E-state index in [1.54, 1.807) is 0 Å². The van der Waals surface area contributed by atoms with Gasteiger partial charge in [-0.15, -0.1) is 11.3 Å². The fraction of sp³-hybridized carbons (Fsp3) is 0.833. The van der Waals surface area contributed by atoms with Gasteiger partial charge in [-0.25, -0.2) is 4.98 Å². The van der Waals surface area contributed by atoms with Crippen molar-refractivity contribution >= 4 is 11.3 Å². The molecule has 4 bridgehead atoms. The van der Waals surface area contributed by atoms with E-state index in [0.717, 1.165) is 24.3 Å². The lowest BCUT2D eigenvalue weighted by atomic mass is 9.50. The minimum atomic E-state index is 0.406. The van der Waals surface area contributed by atoms with Gasteiger partial charge in [0.05, 0.1) is 10.7 Å². The molecule has 4 saturated carbocycles. The molecule has 0 amide bonds. The molecule has 0 radical (unpaired) electrons. The van der Waals surface area contributed by atoms with Gasteiger partial charge in [-0.2, -0.15) is 0 Å². The summed E-state index contributed by atoms with van der Waals surface area (Å²) in [6.07, 6.45) is 10.0. The minimum absolute atomic E-state index is 0.406. The van der Waals surface area contributed by atoms with Crippen LogP contribution in [0.15, 0.2) is 5.38 Å². The number of thiazole rings is 1. The summed E-state index contributed by atoms with van der Waals surface area (Å²) in [6.45, 7) is 5.57. The number of nitrogens with one attached hydrogen (secondary N) is 1. The molecule has 1 aromatic heterocycles. The van der Waals surface area contributed by atoms with Gasteiger partial charge in [0.25, 0.3) is 0 Å². The van der Waals surface area contributed by atoms with E-state index in [2.05, 4.69) is 24.5 Å². The lowest BCUT2D eigenvalue weighted by molar-refractivity contribution is -0.00535. The van der Waals surface area contributed by atoms with Crippen molar-refractivity contribution in [2.75, 3.05) is 6.54 Å². The average molecular weight is 305 g/mol. The van der Waals surface area contributed by atoms with Gasteiger partial charge >= 0.3 is 0 Å². The van der Waals surface area contributed by atoms with Gasteiger partial charge in [0, 0.05) is 16.8 Å². The second kappa shape index (κ2) is 5.34. The first-order valence-corrected chi connectivity index (χ1v) is 9.76. The summed E-state index contributed by atoms with van der Waals surface area (Å²) in [6, 6.07) is 0.406. The molecule has 0 aromatic carbocycles. The zero-order valence-electron chi connectivity index (χ0n) is 13.4. The maximum Gasteiger partial charge on any atom is 0.0991 e. The third-order valence-corrected chi connectivity index (χ3v) is 7.26. The molecule has 4 fully saturated rings. The molecule has 5 rings (SSSR count). The van der Waals surface area contributed by atoms with E-state index < -0.39 is 0 Å². The second-order valence-electron chi connectivity index (χ2n) is 7.95. The molecule has 21 heavy (non-hydrogen) atoms. The van der Waals surface area contributed by atoms with E-state index in [4.69, 9.17) is 4.98 Å². The minimum Gasteiger partial charge on any atom is -0.309 e. The second-order valence-corrected chi connectivity index (χ2v) is 8.81. The molecule has 0 saturated heterocycles. The molecule has 1 N–H and O–H groups in total. The van der Waals surface area contributed by atoms with E-state index >= 15 is 0 Å². The molecule has 116 valence electrons. The van der Waals surface area contributed by atoms with Crippen LogP contribution in [0.25, 0.3) is 0 Å². The van der Waals surface area contributed by atoms with Crippen molar-refractivity contribution in [1.29, 1.82) is 0 Å². The highest BCUT2D eigenvalue weighted by Gasteiger charge is 2.52.